The Kier molecular flexibility index (Phi) is 4.13. The topological polar surface area (TPSA) is 29.3 Å². The van der Waals surface area contributed by atoms with E-state index in [0.717, 1.165) is 19.5 Å². The van der Waals surface area contributed by atoms with Crippen molar-refractivity contribution >= 4 is 17.2 Å². The van der Waals surface area contributed by atoms with E-state index in [0.29, 0.717) is 16.9 Å². The molecule has 0 aromatic heterocycles. The van der Waals surface area contributed by atoms with E-state index >= 15 is 0 Å². The zero-order valence-corrected chi connectivity index (χ0v) is 11.1. The molecule has 0 saturated carbocycles. The highest BCUT2D eigenvalue weighted by atomic mass is 32.1. The molecular formula is C14H20N2S. The van der Waals surface area contributed by atoms with Crippen LogP contribution in [0, 0.1) is 5.92 Å². The normalized spacial score (nSPS) is 22.5. The summed E-state index contributed by atoms with van der Waals surface area (Å²) in [5.41, 5.74) is 7.01. The number of thiocarbonyl (C=S) groups is 1. The molecule has 1 aromatic carbocycles. The molecule has 0 amide bonds. The summed E-state index contributed by atoms with van der Waals surface area (Å²) in [5, 5.41) is 0. The van der Waals surface area contributed by atoms with Crippen LogP contribution in [0.25, 0.3) is 0 Å². The van der Waals surface area contributed by atoms with Gasteiger partial charge in [0.05, 0.1) is 4.99 Å². The Morgan fingerprint density at radius 2 is 2.18 bits per heavy atom. The molecule has 1 aliphatic heterocycles. The van der Waals surface area contributed by atoms with Crippen LogP contribution in [0.15, 0.2) is 30.3 Å². The van der Waals surface area contributed by atoms with Crippen LogP contribution >= 0.6 is 12.2 Å². The molecule has 17 heavy (non-hydrogen) atoms. The summed E-state index contributed by atoms with van der Waals surface area (Å²) in [6.07, 6.45) is 2.11. The summed E-state index contributed by atoms with van der Waals surface area (Å²) in [5.74, 6) is 0.652. The van der Waals surface area contributed by atoms with Crippen molar-refractivity contribution in [3.63, 3.8) is 0 Å². The molecule has 2 nitrogen and oxygen atoms in total. The fourth-order valence-corrected chi connectivity index (χ4v) is 2.84. The quantitative estimate of drug-likeness (QED) is 0.831. The number of benzene rings is 1. The second-order valence-electron chi connectivity index (χ2n) is 4.91. The van der Waals surface area contributed by atoms with Crippen LogP contribution in [0.1, 0.15) is 31.4 Å². The average molecular weight is 248 g/mol. The standard InChI is InChI=1S/C14H20N2S/c1-11(13-5-3-2-4-6-13)16-8-7-12(10-16)9-14(15)17/h2-6,11-12H,7-10H2,1H3,(H2,15,17). The van der Waals surface area contributed by atoms with E-state index < -0.39 is 0 Å². The highest BCUT2D eigenvalue weighted by Gasteiger charge is 2.26. The second-order valence-corrected chi connectivity index (χ2v) is 5.43. The molecule has 0 aliphatic carbocycles. The maximum absolute atomic E-state index is 5.62. The van der Waals surface area contributed by atoms with Gasteiger partial charge in [-0.15, -0.1) is 0 Å². The van der Waals surface area contributed by atoms with Gasteiger partial charge in [0.25, 0.3) is 0 Å². The van der Waals surface area contributed by atoms with Crippen molar-refractivity contribution in [1.82, 2.24) is 4.90 Å². The van der Waals surface area contributed by atoms with Crippen LogP contribution in [0.5, 0.6) is 0 Å². The minimum Gasteiger partial charge on any atom is -0.393 e. The van der Waals surface area contributed by atoms with E-state index in [1.807, 2.05) is 0 Å². The maximum Gasteiger partial charge on any atom is 0.0730 e. The Hall–Kier alpha value is -0.930. The zero-order chi connectivity index (χ0) is 12.3. The summed E-state index contributed by atoms with van der Waals surface area (Å²) in [7, 11) is 0. The van der Waals surface area contributed by atoms with Crippen LogP contribution in [0.4, 0.5) is 0 Å². The molecule has 2 rings (SSSR count). The summed E-state index contributed by atoms with van der Waals surface area (Å²) in [4.78, 5) is 3.18. The van der Waals surface area contributed by atoms with Crippen molar-refractivity contribution in [2.24, 2.45) is 11.7 Å². The molecule has 0 bridgehead atoms. The van der Waals surface area contributed by atoms with Gasteiger partial charge in [-0.3, -0.25) is 4.90 Å². The first-order valence-corrected chi connectivity index (χ1v) is 6.65. The molecule has 2 atom stereocenters. The Morgan fingerprint density at radius 1 is 1.47 bits per heavy atom. The van der Waals surface area contributed by atoms with Gasteiger partial charge in [0.15, 0.2) is 0 Å². The maximum atomic E-state index is 5.62. The molecule has 1 heterocycles. The Labute approximate surface area is 109 Å². The fourth-order valence-electron chi connectivity index (χ4n) is 2.61. The number of hydrogen-bond donors (Lipinski definition) is 1. The van der Waals surface area contributed by atoms with Gasteiger partial charge in [-0.2, -0.15) is 0 Å². The van der Waals surface area contributed by atoms with Crippen molar-refractivity contribution in [1.29, 1.82) is 0 Å². The SMILES string of the molecule is CC(c1ccccc1)N1CCC(CC(N)=S)C1. The highest BCUT2D eigenvalue weighted by molar-refractivity contribution is 7.80. The molecule has 92 valence electrons. The third-order valence-electron chi connectivity index (χ3n) is 3.64. The molecule has 1 aromatic rings. The van der Waals surface area contributed by atoms with Gasteiger partial charge in [-0.05, 0) is 31.4 Å². The van der Waals surface area contributed by atoms with Crippen molar-refractivity contribution in [2.75, 3.05) is 13.1 Å². The van der Waals surface area contributed by atoms with Crippen molar-refractivity contribution < 1.29 is 0 Å². The monoisotopic (exact) mass is 248 g/mol. The van der Waals surface area contributed by atoms with Gasteiger partial charge in [0, 0.05) is 19.0 Å². The zero-order valence-electron chi connectivity index (χ0n) is 10.3. The van der Waals surface area contributed by atoms with E-state index in [1.165, 1.54) is 12.0 Å². The van der Waals surface area contributed by atoms with Gasteiger partial charge in [0.2, 0.25) is 0 Å². The highest BCUT2D eigenvalue weighted by Crippen LogP contribution is 2.28. The molecule has 2 unspecified atom stereocenters. The molecule has 1 fully saturated rings. The number of nitrogens with zero attached hydrogens (tertiary/aromatic N) is 1. The summed E-state index contributed by atoms with van der Waals surface area (Å²) in [6.45, 7) is 4.55. The first-order chi connectivity index (χ1) is 8.16. The third kappa shape index (κ3) is 3.27. The lowest BCUT2D eigenvalue weighted by atomic mass is 10.0. The largest absolute Gasteiger partial charge is 0.393 e. The molecular weight excluding hydrogens is 228 g/mol. The van der Waals surface area contributed by atoms with Crippen LogP contribution in [-0.2, 0) is 0 Å². The van der Waals surface area contributed by atoms with E-state index in [2.05, 4.69) is 42.2 Å². The van der Waals surface area contributed by atoms with Gasteiger partial charge in [-0.1, -0.05) is 42.5 Å². The first-order valence-electron chi connectivity index (χ1n) is 6.24. The Bertz CT molecular complexity index is 377. The summed E-state index contributed by atoms with van der Waals surface area (Å²) in [6, 6.07) is 11.2. The number of hydrogen-bond acceptors (Lipinski definition) is 2. The molecule has 0 radical (unpaired) electrons. The van der Waals surface area contributed by atoms with E-state index in [4.69, 9.17) is 18.0 Å². The minimum absolute atomic E-state index is 0.493. The van der Waals surface area contributed by atoms with Crippen molar-refractivity contribution in [3.8, 4) is 0 Å². The number of nitrogens with two attached hydrogens (primary N) is 1. The lowest BCUT2D eigenvalue weighted by molar-refractivity contribution is 0.253. The molecule has 0 spiro atoms. The lowest BCUT2D eigenvalue weighted by Gasteiger charge is -2.24. The molecule has 3 heteroatoms. The van der Waals surface area contributed by atoms with Crippen LogP contribution < -0.4 is 5.73 Å². The molecule has 2 N–H and O–H groups in total. The van der Waals surface area contributed by atoms with Crippen molar-refractivity contribution in [2.45, 2.75) is 25.8 Å². The minimum atomic E-state index is 0.493. The van der Waals surface area contributed by atoms with Crippen LogP contribution in [0.3, 0.4) is 0 Å². The summed E-state index contributed by atoms with van der Waals surface area (Å²) < 4.78 is 0. The average Bonchev–Trinajstić information content (AvgIpc) is 2.77. The van der Waals surface area contributed by atoms with Gasteiger partial charge >= 0.3 is 0 Å². The molecule has 1 saturated heterocycles. The predicted octanol–water partition coefficient (Wildman–Crippen LogP) is 2.75. The predicted molar refractivity (Wildman–Crippen MR) is 75.9 cm³/mol. The van der Waals surface area contributed by atoms with E-state index in [9.17, 15) is 0 Å². The van der Waals surface area contributed by atoms with Gasteiger partial charge in [-0.25, -0.2) is 0 Å². The van der Waals surface area contributed by atoms with E-state index in [1.54, 1.807) is 0 Å². The Balaban J connectivity index is 1.94. The number of rotatable bonds is 4. The summed E-state index contributed by atoms with van der Waals surface area (Å²) >= 11 is 4.99. The van der Waals surface area contributed by atoms with Crippen molar-refractivity contribution in [3.05, 3.63) is 35.9 Å². The van der Waals surface area contributed by atoms with Gasteiger partial charge in [0.1, 0.15) is 0 Å². The fraction of sp³-hybridized carbons (Fsp3) is 0.500. The Morgan fingerprint density at radius 3 is 2.82 bits per heavy atom. The van der Waals surface area contributed by atoms with Gasteiger partial charge < -0.3 is 5.73 Å². The first kappa shape index (κ1) is 12.5. The number of likely N-dealkylation sites (tertiary alicyclic amines) is 1. The van der Waals surface area contributed by atoms with Crippen LogP contribution in [0.2, 0.25) is 0 Å². The third-order valence-corrected chi connectivity index (χ3v) is 3.80. The van der Waals surface area contributed by atoms with Crippen LogP contribution in [-0.4, -0.2) is 23.0 Å². The van der Waals surface area contributed by atoms with E-state index in [-0.39, 0.29) is 0 Å². The second kappa shape index (κ2) is 5.61. The molecule has 1 aliphatic rings. The lowest BCUT2D eigenvalue weighted by Crippen LogP contribution is -2.25. The smallest absolute Gasteiger partial charge is 0.0730 e.